The van der Waals surface area contributed by atoms with Crippen LogP contribution in [-0.2, 0) is 6.18 Å². The van der Waals surface area contributed by atoms with Gasteiger partial charge in [0.15, 0.2) is 17.3 Å². The van der Waals surface area contributed by atoms with Gasteiger partial charge in [0.05, 0.1) is 0 Å². The number of aryl methyl sites for hydroxylation is 1. The molecule has 20 heavy (non-hydrogen) atoms. The number of ether oxygens (including phenoxy) is 1. The summed E-state index contributed by atoms with van der Waals surface area (Å²) >= 11 is 5.40. The van der Waals surface area contributed by atoms with Crippen LogP contribution in [0.4, 0.5) is 17.6 Å². The van der Waals surface area contributed by atoms with Gasteiger partial charge in [0, 0.05) is 6.07 Å². The molecule has 2 rings (SSSR count). The Kier molecular flexibility index (Phi) is 3.80. The molecule has 1 aromatic heterocycles. The van der Waals surface area contributed by atoms with Crippen molar-refractivity contribution in [1.29, 1.82) is 0 Å². The van der Waals surface area contributed by atoms with E-state index in [-0.39, 0.29) is 5.75 Å². The molecule has 0 unspecified atom stereocenters. The van der Waals surface area contributed by atoms with Crippen molar-refractivity contribution in [3.8, 4) is 11.6 Å². The van der Waals surface area contributed by atoms with Crippen molar-refractivity contribution >= 4 is 11.6 Å². The van der Waals surface area contributed by atoms with E-state index < -0.39 is 28.9 Å². The fourth-order valence-corrected chi connectivity index (χ4v) is 1.58. The number of halogens is 5. The van der Waals surface area contributed by atoms with Crippen molar-refractivity contribution in [2.75, 3.05) is 0 Å². The number of rotatable bonds is 2. The first-order chi connectivity index (χ1) is 9.27. The Morgan fingerprint density at radius 3 is 2.55 bits per heavy atom. The minimum absolute atomic E-state index is 0.243. The Labute approximate surface area is 116 Å². The second-order valence-corrected chi connectivity index (χ2v) is 4.19. The number of hydrogen-bond acceptors (Lipinski definition) is 3. The summed E-state index contributed by atoms with van der Waals surface area (Å²) in [6.45, 7) is 1.50. The van der Waals surface area contributed by atoms with E-state index in [4.69, 9.17) is 16.3 Å². The zero-order valence-electron chi connectivity index (χ0n) is 10.0. The van der Waals surface area contributed by atoms with Crippen LogP contribution < -0.4 is 4.74 Å². The predicted octanol–water partition coefficient (Wildman–Crippen LogP) is 4.39. The summed E-state index contributed by atoms with van der Waals surface area (Å²) < 4.78 is 56.3. The highest BCUT2D eigenvalue weighted by Gasteiger charge is 2.34. The first kappa shape index (κ1) is 14.5. The smallest absolute Gasteiger partial charge is 0.433 e. The van der Waals surface area contributed by atoms with E-state index in [2.05, 4.69) is 9.97 Å². The van der Waals surface area contributed by atoms with E-state index >= 15 is 0 Å². The molecule has 0 bridgehead atoms. The van der Waals surface area contributed by atoms with E-state index in [0.29, 0.717) is 11.6 Å². The topological polar surface area (TPSA) is 35.0 Å². The Balaban J connectivity index is 2.39. The molecule has 0 aliphatic heterocycles. The summed E-state index contributed by atoms with van der Waals surface area (Å²) in [7, 11) is 0. The second-order valence-electron chi connectivity index (χ2n) is 3.85. The second kappa shape index (κ2) is 5.24. The molecule has 8 heteroatoms. The van der Waals surface area contributed by atoms with Crippen LogP contribution in [0.2, 0.25) is 5.28 Å². The summed E-state index contributed by atoms with van der Waals surface area (Å²) in [6, 6.07) is 4.82. The summed E-state index contributed by atoms with van der Waals surface area (Å²) in [6.07, 6.45) is -4.70. The number of hydrogen-bond donors (Lipinski definition) is 0. The van der Waals surface area contributed by atoms with E-state index in [1.807, 2.05) is 0 Å². The Morgan fingerprint density at radius 1 is 1.20 bits per heavy atom. The maximum absolute atomic E-state index is 13.7. The molecule has 0 aliphatic rings. The van der Waals surface area contributed by atoms with Crippen molar-refractivity contribution in [3.05, 3.63) is 46.6 Å². The average molecular weight is 307 g/mol. The molecule has 2 aromatic rings. The first-order valence-electron chi connectivity index (χ1n) is 5.32. The van der Waals surface area contributed by atoms with Gasteiger partial charge in [-0.05, 0) is 30.2 Å². The molecule has 0 fully saturated rings. The molecule has 0 amide bonds. The van der Waals surface area contributed by atoms with Crippen LogP contribution in [0.3, 0.4) is 0 Å². The molecular formula is C12H7ClF4N2O. The lowest BCUT2D eigenvalue weighted by atomic mass is 10.2. The van der Waals surface area contributed by atoms with Gasteiger partial charge in [-0.2, -0.15) is 18.2 Å². The SMILES string of the molecule is Cc1cccc(Oc2cc(C(F)(F)F)nc(Cl)n2)c1F. The van der Waals surface area contributed by atoms with Gasteiger partial charge in [-0.3, -0.25) is 0 Å². The van der Waals surface area contributed by atoms with Gasteiger partial charge in [0.1, 0.15) is 0 Å². The lowest BCUT2D eigenvalue weighted by Gasteiger charge is -2.10. The van der Waals surface area contributed by atoms with Crippen molar-refractivity contribution < 1.29 is 22.3 Å². The summed E-state index contributed by atoms with van der Waals surface area (Å²) in [4.78, 5) is 6.52. The highest BCUT2D eigenvalue weighted by molar-refractivity contribution is 6.28. The quantitative estimate of drug-likeness (QED) is 0.610. The zero-order chi connectivity index (χ0) is 14.9. The van der Waals surface area contributed by atoms with E-state index in [1.165, 1.54) is 25.1 Å². The zero-order valence-corrected chi connectivity index (χ0v) is 10.8. The van der Waals surface area contributed by atoms with Crippen LogP contribution >= 0.6 is 11.6 Å². The van der Waals surface area contributed by atoms with Crippen LogP contribution in [0, 0.1) is 12.7 Å². The number of benzene rings is 1. The summed E-state index contributed by atoms with van der Waals surface area (Å²) in [5, 5.41) is -0.636. The van der Waals surface area contributed by atoms with Gasteiger partial charge >= 0.3 is 6.18 Å². The molecule has 0 saturated heterocycles. The third-order valence-electron chi connectivity index (χ3n) is 2.34. The first-order valence-corrected chi connectivity index (χ1v) is 5.70. The third kappa shape index (κ3) is 3.16. The minimum Gasteiger partial charge on any atom is -0.436 e. The average Bonchev–Trinajstić information content (AvgIpc) is 2.33. The molecule has 0 spiro atoms. The molecule has 0 N–H and O–H groups in total. The molecule has 1 heterocycles. The minimum atomic E-state index is -4.70. The van der Waals surface area contributed by atoms with E-state index in [0.717, 1.165) is 0 Å². The molecule has 1 aromatic carbocycles. The molecular weight excluding hydrogens is 300 g/mol. The Hall–Kier alpha value is -1.89. The largest absolute Gasteiger partial charge is 0.436 e. The molecule has 0 aliphatic carbocycles. The van der Waals surface area contributed by atoms with Crippen LogP contribution in [0.1, 0.15) is 11.3 Å². The van der Waals surface area contributed by atoms with Crippen molar-refractivity contribution in [3.63, 3.8) is 0 Å². The highest BCUT2D eigenvalue weighted by Crippen LogP contribution is 2.32. The van der Waals surface area contributed by atoms with Gasteiger partial charge in [0.25, 0.3) is 0 Å². The summed E-state index contributed by atoms with van der Waals surface area (Å²) in [5.41, 5.74) is -0.973. The van der Waals surface area contributed by atoms with Gasteiger partial charge in [-0.15, -0.1) is 0 Å². The standard InChI is InChI=1S/C12H7ClF4N2O/c1-6-3-2-4-7(10(6)14)20-9-5-8(12(15,16)17)18-11(13)19-9/h2-5H,1H3. The van der Waals surface area contributed by atoms with Crippen LogP contribution in [-0.4, -0.2) is 9.97 Å². The van der Waals surface area contributed by atoms with Crippen LogP contribution in [0.15, 0.2) is 24.3 Å². The number of aromatic nitrogens is 2. The van der Waals surface area contributed by atoms with Crippen molar-refractivity contribution in [1.82, 2.24) is 9.97 Å². The number of nitrogens with zero attached hydrogens (tertiary/aromatic N) is 2. The van der Waals surface area contributed by atoms with Crippen molar-refractivity contribution in [2.45, 2.75) is 13.1 Å². The normalized spacial score (nSPS) is 11.5. The Morgan fingerprint density at radius 2 is 1.90 bits per heavy atom. The van der Waals surface area contributed by atoms with Gasteiger partial charge in [-0.1, -0.05) is 12.1 Å². The van der Waals surface area contributed by atoms with Crippen LogP contribution in [0.25, 0.3) is 0 Å². The maximum atomic E-state index is 13.7. The lowest BCUT2D eigenvalue weighted by molar-refractivity contribution is -0.141. The fourth-order valence-electron chi connectivity index (χ4n) is 1.41. The molecule has 0 saturated carbocycles. The lowest BCUT2D eigenvalue weighted by Crippen LogP contribution is -2.09. The molecule has 0 radical (unpaired) electrons. The summed E-state index contributed by atoms with van der Waals surface area (Å²) in [5.74, 6) is -1.41. The Bertz CT molecular complexity index is 646. The van der Waals surface area contributed by atoms with Crippen molar-refractivity contribution in [2.24, 2.45) is 0 Å². The van der Waals surface area contributed by atoms with Gasteiger partial charge in [-0.25, -0.2) is 9.37 Å². The fraction of sp³-hybridized carbons (Fsp3) is 0.167. The predicted molar refractivity (Wildman–Crippen MR) is 63.3 cm³/mol. The monoisotopic (exact) mass is 306 g/mol. The molecule has 3 nitrogen and oxygen atoms in total. The van der Waals surface area contributed by atoms with Gasteiger partial charge in [0.2, 0.25) is 11.2 Å². The van der Waals surface area contributed by atoms with Gasteiger partial charge < -0.3 is 4.74 Å². The van der Waals surface area contributed by atoms with E-state index in [9.17, 15) is 17.6 Å². The highest BCUT2D eigenvalue weighted by atomic mass is 35.5. The van der Waals surface area contributed by atoms with Crippen LogP contribution in [0.5, 0.6) is 11.6 Å². The maximum Gasteiger partial charge on any atom is 0.433 e. The molecule has 106 valence electrons. The number of alkyl halides is 3. The third-order valence-corrected chi connectivity index (χ3v) is 2.51. The van der Waals surface area contributed by atoms with E-state index in [1.54, 1.807) is 0 Å². The molecule has 0 atom stereocenters.